The van der Waals surface area contributed by atoms with Crippen LogP contribution in [0.2, 0.25) is 0 Å². The van der Waals surface area contributed by atoms with Crippen LogP contribution in [-0.4, -0.2) is 21.9 Å². The van der Waals surface area contributed by atoms with Gasteiger partial charge in [0.2, 0.25) is 0 Å². The highest BCUT2D eigenvalue weighted by Gasteiger charge is 2.59. The van der Waals surface area contributed by atoms with Crippen LogP contribution in [-0.2, 0) is 0 Å². The molecule has 0 amide bonds. The lowest BCUT2D eigenvalue weighted by atomic mass is 9.47. The molecule has 4 aliphatic rings. The van der Waals surface area contributed by atoms with Crippen molar-refractivity contribution in [2.75, 3.05) is 0 Å². The number of hydrogen-bond acceptors (Lipinski definition) is 2. The molecule has 2 nitrogen and oxygen atoms in total. The highest BCUT2D eigenvalue weighted by molar-refractivity contribution is 5.25. The molecule has 0 aliphatic heterocycles. The second kappa shape index (κ2) is 7.66. The molecule has 0 radical (unpaired) electrons. The predicted octanol–water partition coefficient (Wildman–Crippen LogP) is 6.50. The van der Waals surface area contributed by atoms with E-state index in [0.717, 1.165) is 55.3 Å². The first-order valence-electron chi connectivity index (χ1n) is 12.6. The third-order valence-electron chi connectivity index (χ3n) is 10.3. The third-order valence-corrected chi connectivity index (χ3v) is 10.3. The fraction of sp³-hybridized carbons (Fsp3) is 0.926. The fourth-order valence-corrected chi connectivity index (χ4v) is 8.67. The number of hydrogen-bond donors (Lipinski definition) is 2. The summed E-state index contributed by atoms with van der Waals surface area (Å²) in [5, 5.41) is 20.3. The molecule has 0 bridgehead atoms. The zero-order valence-corrected chi connectivity index (χ0v) is 19.7. The van der Waals surface area contributed by atoms with E-state index in [1.807, 2.05) is 13.8 Å². The van der Waals surface area contributed by atoms with E-state index in [1.54, 1.807) is 5.57 Å². The molecule has 0 aromatic heterocycles. The molecule has 0 aromatic carbocycles. The van der Waals surface area contributed by atoms with Crippen LogP contribution in [0.25, 0.3) is 0 Å². The zero-order valence-electron chi connectivity index (χ0n) is 19.7. The minimum atomic E-state index is -0.519. The van der Waals surface area contributed by atoms with Crippen LogP contribution in [0.4, 0.5) is 0 Å². The molecule has 3 fully saturated rings. The van der Waals surface area contributed by atoms with Crippen molar-refractivity contribution in [1.29, 1.82) is 0 Å². The van der Waals surface area contributed by atoms with E-state index < -0.39 is 5.60 Å². The van der Waals surface area contributed by atoms with Crippen molar-refractivity contribution in [3.8, 4) is 0 Å². The Morgan fingerprint density at radius 3 is 2.59 bits per heavy atom. The van der Waals surface area contributed by atoms with E-state index in [2.05, 4.69) is 26.8 Å². The molecule has 8 atom stereocenters. The number of rotatable bonds is 5. The molecule has 2 N–H and O–H groups in total. The van der Waals surface area contributed by atoms with Crippen LogP contribution in [0, 0.1) is 40.4 Å². The van der Waals surface area contributed by atoms with Crippen LogP contribution in [0.1, 0.15) is 105 Å². The van der Waals surface area contributed by atoms with Gasteiger partial charge in [0.15, 0.2) is 0 Å². The van der Waals surface area contributed by atoms with E-state index in [0.29, 0.717) is 10.8 Å². The maximum Gasteiger partial charge on any atom is 0.0591 e. The normalized spacial score (nSPS) is 45.8. The van der Waals surface area contributed by atoms with Crippen molar-refractivity contribution in [2.45, 2.75) is 117 Å². The lowest BCUT2D eigenvalue weighted by Gasteiger charge is -2.58. The van der Waals surface area contributed by atoms with E-state index in [9.17, 15) is 10.2 Å². The van der Waals surface area contributed by atoms with Gasteiger partial charge in [-0.3, -0.25) is 0 Å². The molecule has 0 heterocycles. The van der Waals surface area contributed by atoms with Crippen LogP contribution in [0.15, 0.2) is 11.6 Å². The molecule has 4 rings (SSSR count). The summed E-state index contributed by atoms with van der Waals surface area (Å²) < 4.78 is 0. The first-order chi connectivity index (χ1) is 13.5. The van der Waals surface area contributed by atoms with Gasteiger partial charge in [0, 0.05) is 0 Å². The quantitative estimate of drug-likeness (QED) is 0.515. The van der Waals surface area contributed by atoms with Gasteiger partial charge in [-0.05, 0) is 112 Å². The smallest absolute Gasteiger partial charge is 0.0591 e. The lowest BCUT2D eigenvalue weighted by molar-refractivity contribution is -0.0575. The standard InChI is InChI=1S/C27H46O2/c1-18(7-6-14-25(2,3)29)22-10-11-23-21-9-8-19-17-20(28)12-15-26(19,4)24(21)13-16-27(22,23)5/h8,18,20-24,28-29H,6-7,9-17H2,1-5H3/t18-,20+,21+,22-,23+,24+,26+,27-/m0/s1. The van der Waals surface area contributed by atoms with E-state index >= 15 is 0 Å². The second-order valence-electron chi connectivity index (χ2n) is 12.6. The summed E-state index contributed by atoms with van der Waals surface area (Å²) in [6, 6.07) is 0. The van der Waals surface area contributed by atoms with Gasteiger partial charge in [-0.2, -0.15) is 0 Å². The Morgan fingerprint density at radius 1 is 1.10 bits per heavy atom. The van der Waals surface area contributed by atoms with Gasteiger partial charge in [0.25, 0.3) is 0 Å². The Kier molecular flexibility index (Phi) is 5.78. The molecular formula is C27H46O2. The van der Waals surface area contributed by atoms with Gasteiger partial charge < -0.3 is 10.2 Å². The predicted molar refractivity (Wildman–Crippen MR) is 121 cm³/mol. The van der Waals surface area contributed by atoms with E-state index in [-0.39, 0.29) is 6.10 Å². The third kappa shape index (κ3) is 3.86. The first kappa shape index (κ1) is 21.9. The van der Waals surface area contributed by atoms with Gasteiger partial charge in [-0.25, -0.2) is 0 Å². The van der Waals surface area contributed by atoms with Crippen molar-refractivity contribution >= 4 is 0 Å². The van der Waals surface area contributed by atoms with E-state index in [4.69, 9.17) is 0 Å². The maximum atomic E-state index is 10.2. The number of aliphatic hydroxyl groups is 2. The summed E-state index contributed by atoms with van der Waals surface area (Å²) in [6.07, 6.45) is 15.9. The Balaban J connectivity index is 1.47. The van der Waals surface area contributed by atoms with Crippen molar-refractivity contribution in [2.24, 2.45) is 40.4 Å². The van der Waals surface area contributed by atoms with E-state index in [1.165, 1.54) is 44.9 Å². The van der Waals surface area contributed by atoms with Crippen LogP contribution in [0.5, 0.6) is 0 Å². The van der Waals surface area contributed by atoms with Crippen molar-refractivity contribution in [3.05, 3.63) is 11.6 Å². The number of aliphatic hydroxyl groups excluding tert-OH is 1. The summed E-state index contributed by atoms with van der Waals surface area (Å²) in [4.78, 5) is 0. The molecule has 4 aliphatic carbocycles. The summed E-state index contributed by atoms with van der Waals surface area (Å²) in [7, 11) is 0. The van der Waals surface area contributed by atoms with Crippen molar-refractivity contribution in [1.82, 2.24) is 0 Å². The van der Waals surface area contributed by atoms with Crippen LogP contribution >= 0.6 is 0 Å². The summed E-state index contributed by atoms with van der Waals surface area (Å²) in [6.45, 7) is 11.6. The SMILES string of the molecule is C[C@@H](CCCC(C)(C)O)[C@@H]1CC[C@@H]2[C@H]3CC=C4C[C@H](O)CC[C@@]4(C)[C@@H]3CC[C@]21C. The topological polar surface area (TPSA) is 40.5 Å². The molecule has 3 saturated carbocycles. The van der Waals surface area contributed by atoms with Gasteiger partial charge in [0.1, 0.15) is 0 Å². The average Bonchev–Trinajstić information content (AvgIpc) is 2.98. The Bertz CT molecular complexity index is 631. The Morgan fingerprint density at radius 2 is 1.86 bits per heavy atom. The zero-order chi connectivity index (χ0) is 21.0. The fourth-order valence-electron chi connectivity index (χ4n) is 8.67. The lowest BCUT2D eigenvalue weighted by Crippen LogP contribution is -2.50. The molecule has 166 valence electrons. The van der Waals surface area contributed by atoms with Crippen molar-refractivity contribution < 1.29 is 10.2 Å². The molecule has 0 aromatic rings. The van der Waals surface area contributed by atoms with Gasteiger partial charge in [-0.15, -0.1) is 0 Å². The first-order valence-corrected chi connectivity index (χ1v) is 12.6. The molecule has 0 spiro atoms. The molecular weight excluding hydrogens is 356 g/mol. The van der Waals surface area contributed by atoms with Gasteiger partial charge in [0.05, 0.1) is 11.7 Å². The Hall–Kier alpha value is -0.340. The molecule has 29 heavy (non-hydrogen) atoms. The van der Waals surface area contributed by atoms with Crippen LogP contribution in [0.3, 0.4) is 0 Å². The molecule has 2 heteroatoms. The highest BCUT2D eigenvalue weighted by Crippen LogP contribution is 2.67. The summed E-state index contributed by atoms with van der Waals surface area (Å²) in [5.41, 5.74) is 1.95. The maximum absolute atomic E-state index is 10.2. The minimum Gasteiger partial charge on any atom is -0.393 e. The number of allylic oxidation sites excluding steroid dienone is 1. The monoisotopic (exact) mass is 402 g/mol. The summed E-state index contributed by atoms with van der Waals surface area (Å²) in [5.74, 6) is 4.24. The van der Waals surface area contributed by atoms with Crippen molar-refractivity contribution in [3.63, 3.8) is 0 Å². The van der Waals surface area contributed by atoms with Crippen LogP contribution < -0.4 is 0 Å². The largest absolute Gasteiger partial charge is 0.393 e. The minimum absolute atomic E-state index is 0.0969. The average molecular weight is 403 g/mol. The second-order valence-corrected chi connectivity index (χ2v) is 12.6. The molecule has 0 unspecified atom stereocenters. The number of fused-ring (bicyclic) bond motifs is 5. The van der Waals surface area contributed by atoms with Gasteiger partial charge >= 0.3 is 0 Å². The highest BCUT2D eigenvalue weighted by atomic mass is 16.3. The Labute approximate surface area is 179 Å². The molecule has 0 saturated heterocycles. The van der Waals surface area contributed by atoms with Gasteiger partial charge in [-0.1, -0.05) is 45.3 Å². The summed E-state index contributed by atoms with van der Waals surface area (Å²) >= 11 is 0.